The summed E-state index contributed by atoms with van der Waals surface area (Å²) in [5, 5.41) is 8.82. The highest BCUT2D eigenvalue weighted by atomic mass is 32.1. The van der Waals surface area contributed by atoms with Crippen LogP contribution in [0.2, 0.25) is 0 Å². The maximum Gasteiger partial charge on any atom is 0.322 e. The van der Waals surface area contributed by atoms with Crippen molar-refractivity contribution in [3.8, 4) is 11.3 Å². The lowest BCUT2D eigenvalue weighted by Gasteiger charge is -2.33. The zero-order valence-electron chi connectivity index (χ0n) is 14.4. The summed E-state index contributed by atoms with van der Waals surface area (Å²) in [6.45, 7) is 2.46. The summed E-state index contributed by atoms with van der Waals surface area (Å²) in [6.07, 6.45) is 2.84. The average Bonchev–Trinajstić information content (AvgIpc) is 3.34. The number of aryl methyl sites for hydroxylation is 1. The van der Waals surface area contributed by atoms with Gasteiger partial charge in [0.25, 0.3) is 0 Å². The molecule has 0 saturated carbocycles. The molecule has 0 spiro atoms. The fourth-order valence-electron chi connectivity index (χ4n) is 3.15. The van der Waals surface area contributed by atoms with Crippen molar-refractivity contribution in [3.63, 3.8) is 0 Å². The molecule has 1 aliphatic heterocycles. The number of thiazole rings is 1. The lowest BCUT2D eigenvalue weighted by Crippen LogP contribution is -2.41. The fourth-order valence-corrected chi connectivity index (χ4v) is 3.72. The number of hydrogen-bond donors (Lipinski definition) is 1. The molecule has 7 nitrogen and oxygen atoms in total. The van der Waals surface area contributed by atoms with Crippen molar-refractivity contribution in [2.45, 2.75) is 32.2 Å². The normalized spacial score (nSPS) is 17.3. The Balaban J connectivity index is 1.47. The van der Waals surface area contributed by atoms with Crippen LogP contribution in [0, 0.1) is 6.92 Å². The number of carbonyl (C=O) groups excluding carboxylic acids is 1. The van der Waals surface area contributed by atoms with E-state index in [9.17, 15) is 4.79 Å². The standard InChI is InChI=1S/C18H19N5O2S/c1-12-20-17(25-22-12)16-4-2-3-9-23(16)18(24)21-14-7-5-13(6-8-14)15-10-26-11-19-15/h5-8,10-11,16H,2-4,9H2,1H3,(H,21,24)/t16-/m0/s1. The molecular formula is C18H19N5O2S. The van der Waals surface area contributed by atoms with Crippen LogP contribution < -0.4 is 5.32 Å². The second-order valence-electron chi connectivity index (χ2n) is 6.27. The number of urea groups is 1. The molecule has 1 N–H and O–H groups in total. The predicted octanol–water partition coefficient (Wildman–Crippen LogP) is 4.26. The van der Waals surface area contributed by atoms with Crippen LogP contribution in [0.15, 0.2) is 39.7 Å². The van der Waals surface area contributed by atoms with E-state index in [0.717, 1.165) is 36.2 Å². The van der Waals surface area contributed by atoms with Crippen molar-refractivity contribution < 1.29 is 9.32 Å². The summed E-state index contributed by atoms with van der Waals surface area (Å²) in [5.74, 6) is 1.10. The molecule has 1 fully saturated rings. The van der Waals surface area contributed by atoms with Crippen molar-refractivity contribution >= 4 is 23.1 Å². The van der Waals surface area contributed by atoms with E-state index in [1.165, 1.54) is 0 Å². The van der Waals surface area contributed by atoms with Gasteiger partial charge >= 0.3 is 6.03 Å². The van der Waals surface area contributed by atoms with Crippen LogP contribution in [0.3, 0.4) is 0 Å². The second-order valence-corrected chi connectivity index (χ2v) is 6.98. The number of nitrogens with zero attached hydrogens (tertiary/aromatic N) is 4. The van der Waals surface area contributed by atoms with E-state index in [0.29, 0.717) is 18.3 Å². The summed E-state index contributed by atoms with van der Waals surface area (Å²) in [7, 11) is 0. The van der Waals surface area contributed by atoms with Gasteiger partial charge in [-0.15, -0.1) is 11.3 Å². The van der Waals surface area contributed by atoms with Crippen molar-refractivity contribution in [2.75, 3.05) is 11.9 Å². The van der Waals surface area contributed by atoms with Crippen molar-refractivity contribution in [3.05, 3.63) is 46.9 Å². The van der Waals surface area contributed by atoms with Gasteiger partial charge in [0, 0.05) is 23.2 Å². The van der Waals surface area contributed by atoms with E-state index in [1.54, 1.807) is 28.7 Å². The Hall–Kier alpha value is -2.74. The number of amides is 2. The topological polar surface area (TPSA) is 84.2 Å². The van der Waals surface area contributed by atoms with E-state index in [-0.39, 0.29) is 12.1 Å². The Morgan fingerprint density at radius 3 is 2.85 bits per heavy atom. The number of nitrogens with one attached hydrogen (secondary N) is 1. The zero-order chi connectivity index (χ0) is 17.9. The smallest absolute Gasteiger partial charge is 0.322 e. The van der Waals surface area contributed by atoms with E-state index in [2.05, 4.69) is 20.4 Å². The van der Waals surface area contributed by atoms with E-state index >= 15 is 0 Å². The summed E-state index contributed by atoms with van der Waals surface area (Å²) in [4.78, 5) is 23.2. The number of hydrogen-bond acceptors (Lipinski definition) is 6. The molecule has 1 aromatic carbocycles. The molecule has 8 heteroatoms. The zero-order valence-corrected chi connectivity index (χ0v) is 15.2. The second kappa shape index (κ2) is 7.25. The summed E-state index contributed by atoms with van der Waals surface area (Å²) >= 11 is 1.56. The molecule has 0 bridgehead atoms. The maximum atomic E-state index is 12.8. The van der Waals surface area contributed by atoms with Gasteiger partial charge in [-0.05, 0) is 38.3 Å². The number of likely N-dealkylation sites (tertiary alicyclic amines) is 1. The highest BCUT2D eigenvalue weighted by Gasteiger charge is 2.32. The molecule has 2 amide bonds. The lowest BCUT2D eigenvalue weighted by molar-refractivity contribution is 0.142. The first kappa shape index (κ1) is 16.7. The van der Waals surface area contributed by atoms with Gasteiger partial charge in [0.05, 0.1) is 11.2 Å². The van der Waals surface area contributed by atoms with Crippen LogP contribution in [-0.2, 0) is 0 Å². The molecule has 1 saturated heterocycles. The lowest BCUT2D eigenvalue weighted by atomic mass is 10.0. The minimum atomic E-state index is -0.167. The molecule has 0 aliphatic carbocycles. The van der Waals surface area contributed by atoms with Crippen molar-refractivity contribution in [2.24, 2.45) is 0 Å². The Morgan fingerprint density at radius 1 is 1.31 bits per heavy atom. The highest BCUT2D eigenvalue weighted by molar-refractivity contribution is 7.07. The van der Waals surface area contributed by atoms with Crippen LogP contribution in [-0.4, -0.2) is 32.6 Å². The Morgan fingerprint density at radius 2 is 2.15 bits per heavy atom. The van der Waals surface area contributed by atoms with Crippen molar-refractivity contribution in [1.29, 1.82) is 0 Å². The number of benzene rings is 1. The van der Waals surface area contributed by atoms with Crippen molar-refractivity contribution in [1.82, 2.24) is 20.0 Å². The summed E-state index contributed by atoms with van der Waals surface area (Å²) < 4.78 is 5.30. The van der Waals surface area contributed by atoms with Crippen LogP contribution in [0.5, 0.6) is 0 Å². The monoisotopic (exact) mass is 369 g/mol. The number of piperidine rings is 1. The molecule has 4 rings (SSSR count). The first-order valence-corrected chi connectivity index (χ1v) is 9.51. The van der Waals surface area contributed by atoms with Gasteiger partial charge in [0.15, 0.2) is 5.82 Å². The van der Waals surface area contributed by atoms with Gasteiger partial charge in [0.1, 0.15) is 6.04 Å². The molecular weight excluding hydrogens is 350 g/mol. The average molecular weight is 369 g/mol. The van der Waals surface area contributed by atoms with Crippen LogP contribution in [0.1, 0.15) is 37.0 Å². The molecule has 0 radical (unpaired) electrons. The van der Waals surface area contributed by atoms with E-state index in [4.69, 9.17) is 4.52 Å². The first-order valence-electron chi connectivity index (χ1n) is 8.57. The Bertz CT molecular complexity index is 875. The first-order chi connectivity index (χ1) is 12.7. The minimum absolute atomic E-state index is 0.146. The number of rotatable bonds is 3. The quantitative estimate of drug-likeness (QED) is 0.746. The Labute approximate surface area is 155 Å². The third-order valence-corrected chi connectivity index (χ3v) is 5.04. The maximum absolute atomic E-state index is 12.8. The van der Waals surface area contributed by atoms with Crippen LogP contribution in [0.4, 0.5) is 10.5 Å². The van der Waals surface area contributed by atoms with Gasteiger partial charge in [-0.1, -0.05) is 17.3 Å². The van der Waals surface area contributed by atoms with E-state index < -0.39 is 0 Å². The molecule has 1 atom stereocenters. The summed E-state index contributed by atoms with van der Waals surface area (Å²) in [6, 6.07) is 7.38. The largest absolute Gasteiger partial charge is 0.337 e. The van der Waals surface area contributed by atoms with Crippen LogP contribution >= 0.6 is 11.3 Å². The minimum Gasteiger partial charge on any atom is -0.337 e. The molecule has 3 aromatic rings. The number of anilines is 1. The third kappa shape index (κ3) is 3.45. The highest BCUT2D eigenvalue weighted by Crippen LogP contribution is 2.30. The van der Waals surface area contributed by atoms with Gasteiger partial charge in [-0.25, -0.2) is 9.78 Å². The molecule has 0 unspecified atom stereocenters. The fraction of sp³-hybridized carbons (Fsp3) is 0.333. The van der Waals surface area contributed by atoms with E-state index in [1.807, 2.05) is 29.6 Å². The molecule has 134 valence electrons. The SMILES string of the molecule is Cc1noc([C@@H]2CCCCN2C(=O)Nc2ccc(-c3cscn3)cc2)n1. The predicted molar refractivity (Wildman–Crippen MR) is 98.9 cm³/mol. The third-order valence-electron chi connectivity index (χ3n) is 4.46. The van der Waals surface area contributed by atoms with Gasteiger partial charge in [-0.3, -0.25) is 0 Å². The number of aromatic nitrogens is 3. The van der Waals surface area contributed by atoms with Gasteiger partial charge < -0.3 is 14.7 Å². The van der Waals surface area contributed by atoms with Gasteiger partial charge in [-0.2, -0.15) is 4.98 Å². The molecule has 26 heavy (non-hydrogen) atoms. The summed E-state index contributed by atoms with van der Waals surface area (Å²) in [5.41, 5.74) is 4.53. The van der Waals surface area contributed by atoms with Crippen LogP contribution in [0.25, 0.3) is 11.3 Å². The Kier molecular flexibility index (Phi) is 4.66. The van der Waals surface area contributed by atoms with Gasteiger partial charge in [0.2, 0.25) is 5.89 Å². The number of carbonyl (C=O) groups is 1. The molecule has 3 heterocycles. The molecule has 2 aromatic heterocycles. The molecule has 1 aliphatic rings.